The molecule has 0 unspecified atom stereocenters. The zero-order valence-electron chi connectivity index (χ0n) is 15.9. The lowest BCUT2D eigenvalue weighted by Crippen LogP contribution is -2.13. The van der Waals surface area contributed by atoms with Crippen LogP contribution in [0.2, 0.25) is 0 Å². The van der Waals surface area contributed by atoms with Crippen molar-refractivity contribution in [3.8, 4) is 0 Å². The SMILES string of the molecule is CCCCC=COOCCOCCOCCOCCOCCOCC. The van der Waals surface area contributed by atoms with Gasteiger partial charge in [-0.1, -0.05) is 13.3 Å². The van der Waals surface area contributed by atoms with Crippen LogP contribution in [0.5, 0.6) is 0 Å². The number of rotatable bonds is 21. The van der Waals surface area contributed by atoms with Crippen LogP contribution in [0.15, 0.2) is 12.3 Å². The highest BCUT2D eigenvalue weighted by Crippen LogP contribution is 1.95. The molecule has 0 radical (unpaired) electrons. The van der Waals surface area contributed by atoms with Gasteiger partial charge in [0.05, 0.1) is 59.5 Å². The van der Waals surface area contributed by atoms with E-state index in [4.69, 9.17) is 33.5 Å². The van der Waals surface area contributed by atoms with E-state index < -0.39 is 0 Å². The average molecular weight is 364 g/mol. The molecule has 150 valence electrons. The van der Waals surface area contributed by atoms with Gasteiger partial charge in [-0.25, -0.2) is 0 Å². The lowest BCUT2D eigenvalue weighted by atomic mass is 10.2. The van der Waals surface area contributed by atoms with Crippen LogP contribution in [0.1, 0.15) is 33.1 Å². The van der Waals surface area contributed by atoms with Crippen molar-refractivity contribution >= 4 is 0 Å². The second kappa shape index (κ2) is 23.3. The first-order valence-corrected chi connectivity index (χ1v) is 9.23. The Kier molecular flexibility index (Phi) is 22.6. The minimum absolute atomic E-state index is 0.393. The third-order valence-electron chi connectivity index (χ3n) is 2.95. The van der Waals surface area contributed by atoms with E-state index in [9.17, 15) is 0 Å². The maximum absolute atomic E-state index is 5.38. The third kappa shape index (κ3) is 23.3. The van der Waals surface area contributed by atoms with E-state index >= 15 is 0 Å². The van der Waals surface area contributed by atoms with Crippen molar-refractivity contribution in [3.05, 3.63) is 12.3 Å². The van der Waals surface area contributed by atoms with Crippen molar-refractivity contribution in [3.63, 3.8) is 0 Å². The minimum Gasteiger partial charge on any atom is -0.379 e. The molecule has 0 spiro atoms. The molecule has 0 saturated heterocycles. The smallest absolute Gasteiger partial charge is 0.125 e. The maximum Gasteiger partial charge on any atom is 0.125 e. The average Bonchev–Trinajstić information content (AvgIpc) is 2.63. The Balaban J connectivity index is 2.99. The lowest BCUT2D eigenvalue weighted by Gasteiger charge is -2.07. The molecule has 0 aliphatic heterocycles. The summed E-state index contributed by atoms with van der Waals surface area (Å²) in [6.45, 7) is 10.2. The molecule has 0 aromatic carbocycles. The van der Waals surface area contributed by atoms with E-state index in [1.165, 1.54) is 6.42 Å². The molecular formula is C18H36O7. The largest absolute Gasteiger partial charge is 0.379 e. The second-order valence-electron chi connectivity index (χ2n) is 5.08. The van der Waals surface area contributed by atoms with E-state index in [1.807, 2.05) is 13.0 Å². The molecule has 7 nitrogen and oxygen atoms in total. The third-order valence-corrected chi connectivity index (χ3v) is 2.95. The van der Waals surface area contributed by atoms with Gasteiger partial charge in [0.1, 0.15) is 12.9 Å². The normalized spacial score (nSPS) is 11.4. The van der Waals surface area contributed by atoms with Crippen molar-refractivity contribution in [2.24, 2.45) is 0 Å². The van der Waals surface area contributed by atoms with E-state index in [2.05, 4.69) is 6.92 Å². The standard InChI is InChI=1S/C18H36O7/c1-3-5-6-7-8-24-25-18-17-23-16-15-22-14-13-21-12-11-20-10-9-19-4-2/h7-8H,3-6,9-18H2,1-2H3. The topological polar surface area (TPSA) is 64.6 Å². The number of ether oxygens (including phenoxy) is 5. The van der Waals surface area contributed by atoms with Crippen molar-refractivity contribution in [1.29, 1.82) is 0 Å². The predicted molar refractivity (Wildman–Crippen MR) is 95.5 cm³/mol. The Morgan fingerprint density at radius 1 is 0.600 bits per heavy atom. The Morgan fingerprint density at radius 2 is 1.08 bits per heavy atom. The lowest BCUT2D eigenvalue weighted by molar-refractivity contribution is -0.255. The Labute approximate surface area is 152 Å². The quantitative estimate of drug-likeness (QED) is 0.134. The van der Waals surface area contributed by atoms with E-state index in [-0.39, 0.29) is 0 Å². The van der Waals surface area contributed by atoms with Crippen molar-refractivity contribution < 1.29 is 33.5 Å². The number of unbranched alkanes of at least 4 members (excludes halogenated alkanes) is 2. The molecule has 0 amide bonds. The molecule has 0 bridgehead atoms. The molecular weight excluding hydrogens is 328 g/mol. The molecule has 0 atom stereocenters. The van der Waals surface area contributed by atoms with Crippen LogP contribution in [-0.4, -0.2) is 72.7 Å². The van der Waals surface area contributed by atoms with Crippen LogP contribution in [0.4, 0.5) is 0 Å². The predicted octanol–water partition coefficient (Wildman–Crippen LogP) is 2.74. The zero-order valence-corrected chi connectivity index (χ0v) is 15.9. The molecule has 0 rings (SSSR count). The summed E-state index contributed by atoms with van der Waals surface area (Å²) < 4.78 is 26.6. The molecule has 25 heavy (non-hydrogen) atoms. The van der Waals surface area contributed by atoms with Crippen LogP contribution in [-0.2, 0) is 33.5 Å². The molecule has 0 aliphatic rings. The van der Waals surface area contributed by atoms with Crippen molar-refractivity contribution in [1.82, 2.24) is 0 Å². The van der Waals surface area contributed by atoms with E-state index in [0.717, 1.165) is 19.4 Å². The highest BCUT2D eigenvalue weighted by atomic mass is 17.2. The maximum atomic E-state index is 5.38. The molecule has 0 aliphatic carbocycles. The summed E-state index contributed by atoms with van der Waals surface area (Å²) in [4.78, 5) is 9.81. The van der Waals surface area contributed by atoms with Crippen molar-refractivity contribution in [2.45, 2.75) is 33.1 Å². The Hall–Kier alpha value is -0.700. The summed E-state index contributed by atoms with van der Waals surface area (Å²) >= 11 is 0. The van der Waals surface area contributed by atoms with E-state index in [0.29, 0.717) is 66.1 Å². The fraction of sp³-hybridized carbons (Fsp3) is 0.889. The Bertz CT molecular complexity index is 262. The molecule has 0 N–H and O–H groups in total. The van der Waals surface area contributed by atoms with Crippen LogP contribution < -0.4 is 0 Å². The Morgan fingerprint density at radius 3 is 1.56 bits per heavy atom. The zero-order chi connectivity index (χ0) is 18.3. The summed E-state index contributed by atoms with van der Waals surface area (Å²) in [7, 11) is 0. The van der Waals surface area contributed by atoms with Gasteiger partial charge < -0.3 is 28.6 Å². The van der Waals surface area contributed by atoms with Crippen LogP contribution in [0.25, 0.3) is 0 Å². The molecule has 0 saturated carbocycles. The van der Waals surface area contributed by atoms with Gasteiger partial charge in [0.15, 0.2) is 0 Å². The molecule has 0 heterocycles. The van der Waals surface area contributed by atoms with Crippen LogP contribution in [0, 0.1) is 0 Å². The van der Waals surface area contributed by atoms with Crippen molar-refractivity contribution in [2.75, 3.05) is 72.7 Å². The fourth-order valence-corrected chi connectivity index (χ4v) is 1.63. The summed E-state index contributed by atoms with van der Waals surface area (Å²) in [6.07, 6.45) is 6.88. The molecule has 0 aromatic heterocycles. The monoisotopic (exact) mass is 364 g/mol. The highest BCUT2D eigenvalue weighted by Gasteiger charge is 1.93. The first kappa shape index (κ1) is 24.3. The minimum atomic E-state index is 0.393. The van der Waals surface area contributed by atoms with Crippen LogP contribution in [0.3, 0.4) is 0 Å². The molecule has 0 fully saturated rings. The van der Waals surface area contributed by atoms with Crippen LogP contribution >= 0.6 is 0 Å². The van der Waals surface area contributed by atoms with Gasteiger partial charge in [-0.15, -0.1) is 0 Å². The van der Waals surface area contributed by atoms with Gasteiger partial charge in [0.25, 0.3) is 0 Å². The summed E-state index contributed by atoms with van der Waals surface area (Å²) in [6, 6.07) is 0. The van der Waals surface area contributed by atoms with Gasteiger partial charge >= 0.3 is 0 Å². The number of allylic oxidation sites excluding steroid dienone is 1. The van der Waals surface area contributed by atoms with Gasteiger partial charge in [-0.05, 0) is 25.8 Å². The molecule has 0 aromatic rings. The number of hydrogen-bond acceptors (Lipinski definition) is 7. The summed E-state index contributed by atoms with van der Waals surface area (Å²) in [5.41, 5.74) is 0. The number of hydrogen-bond donors (Lipinski definition) is 0. The van der Waals surface area contributed by atoms with Gasteiger partial charge in [0.2, 0.25) is 0 Å². The van der Waals surface area contributed by atoms with Gasteiger partial charge in [0, 0.05) is 6.61 Å². The second-order valence-corrected chi connectivity index (χ2v) is 5.08. The first-order valence-electron chi connectivity index (χ1n) is 9.23. The molecule has 7 heteroatoms. The van der Waals surface area contributed by atoms with E-state index in [1.54, 1.807) is 6.26 Å². The van der Waals surface area contributed by atoms with Gasteiger partial charge in [-0.2, -0.15) is 4.89 Å². The fourth-order valence-electron chi connectivity index (χ4n) is 1.63. The summed E-state index contributed by atoms with van der Waals surface area (Å²) in [5, 5.41) is 0. The van der Waals surface area contributed by atoms with Gasteiger partial charge in [-0.3, -0.25) is 0 Å². The summed E-state index contributed by atoms with van der Waals surface area (Å²) in [5.74, 6) is 0. The highest BCUT2D eigenvalue weighted by molar-refractivity contribution is 4.71. The first-order chi connectivity index (χ1) is 12.4.